The van der Waals surface area contributed by atoms with Crippen LogP contribution in [0.5, 0.6) is 0 Å². The molecule has 1 N–H and O–H groups in total. The zero-order valence-corrected chi connectivity index (χ0v) is 10.2. The van der Waals surface area contributed by atoms with Crippen LogP contribution in [0.2, 0.25) is 0 Å². The Morgan fingerprint density at radius 1 is 1.44 bits per heavy atom. The minimum Gasteiger partial charge on any atom is -0.310 e. The van der Waals surface area contributed by atoms with Crippen LogP contribution in [-0.2, 0) is 14.6 Å². The van der Waals surface area contributed by atoms with E-state index in [2.05, 4.69) is 10.3 Å². The number of pyridine rings is 1. The van der Waals surface area contributed by atoms with Crippen LogP contribution in [0.25, 0.3) is 0 Å². The molecule has 0 aliphatic rings. The van der Waals surface area contributed by atoms with Crippen molar-refractivity contribution in [2.24, 2.45) is 0 Å². The van der Waals surface area contributed by atoms with E-state index < -0.39 is 21.0 Å². The summed E-state index contributed by atoms with van der Waals surface area (Å²) in [6.45, 7) is 3.22. The lowest BCUT2D eigenvalue weighted by Gasteiger charge is -2.09. The Bertz CT molecular complexity index is 479. The molecule has 0 aromatic carbocycles. The summed E-state index contributed by atoms with van der Waals surface area (Å²) in [6.07, 6.45) is 2.63. The normalized spacial score (nSPS) is 13.2. The number of carbonyl (C=O) groups is 1. The third-order valence-electron chi connectivity index (χ3n) is 2.17. The monoisotopic (exact) mass is 242 g/mol. The number of aryl methyl sites for hydroxylation is 1. The second-order valence-corrected chi connectivity index (χ2v) is 6.05. The molecular weight excluding hydrogens is 228 g/mol. The van der Waals surface area contributed by atoms with Crippen LogP contribution in [0.1, 0.15) is 12.5 Å². The Morgan fingerprint density at radius 3 is 2.50 bits per heavy atom. The van der Waals surface area contributed by atoms with E-state index in [4.69, 9.17) is 0 Å². The predicted octanol–water partition coefficient (Wildman–Crippen LogP) is 0.762. The van der Waals surface area contributed by atoms with Crippen LogP contribution in [0.3, 0.4) is 0 Å². The van der Waals surface area contributed by atoms with E-state index in [-0.39, 0.29) is 0 Å². The second kappa shape index (κ2) is 4.61. The van der Waals surface area contributed by atoms with Gasteiger partial charge in [0.1, 0.15) is 11.1 Å². The van der Waals surface area contributed by atoms with E-state index in [0.717, 1.165) is 11.8 Å². The number of hydrogen-bond donors (Lipinski definition) is 1. The molecule has 0 radical (unpaired) electrons. The van der Waals surface area contributed by atoms with Crippen molar-refractivity contribution < 1.29 is 13.2 Å². The van der Waals surface area contributed by atoms with Crippen molar-refractivity contribution in [3.63, 3.8) is 0 Å². The molecule has 0 unspecified atom stereocenters. The van der Waals surface area contributed by atoms with E-state index in [9.17, 15) is 13.2 Å². The van der Waals surface area contributed by atoms with Gasteiger partial charge in [0.2, 0.25) is 5.91 Å². The van der Waals surface area contributed by atoms with Crippen LogP contribution in [0, 0.1) is 6.92 Å². The number of carbonyl (C=O) groups excluding carboxylic acids is 1. The first kappa shape index (κ1) is 12.6. The molecule has 16 heavy (non-hydrogen) atoms. The SMILES string of the molecule is Cc1ccc(NC(=O)[C@H](C)S(C)(=O)=O)nc1. The zero-order valence-electron chi connectivity index (χ0n) is 9.39. The molecule has 0 spiro atoms. The third kappa shape index (κ3) is 3.30. The molecule has 6 heteroatoms. The molecule has 0 saturated carbocycles. The van der Waals surface area contributed by atoms with Crippen molar-refractivity contribution >= 4 is 21.6 Å². The summed E-state index contributed by atoms with van der Waals surface area (Å²) in [5.41, 5.74) is 0.967. The molecule has 1 amide bonds. The van der Waals surface area contributed by atoms with Gasteiger partial charge in [-0.3, -0.25) is 4.79 Å². The molecule has 0 fully saturated rings. The topological polar surface area (TPSA) is 76.1 Å². The van der Waals surface area contributed by atoms with Crippen LogP contribution in [0.4, 0.5) is 5.82 Å². The first-order valence-corrected chi connectivity index (χ1v) is 6.68. The number of amides is 1. The van der Waals surface area contributed by atoms with Gasteiger partial charge in [0.25, 0.3) is 0 Å². The number of nitrogens with zero attached hydrogens (tertiary/aromatic N) is 1. The number of anilines is 1. The number of sulfone groups is 1. The van der Waals surface area contributed by atoms with E-state index in [1.807, 2.05) is 6.92 Å². The molecule has 1 aromatic rings. The van der Waals surface area contributed by atoms with Crippen molar-refractivity contribution in [3.8, 4) is 0 Å². The van der Waals surface area contributed by atoms with Crippen molar-refractivity contribution in [1.82, 2.24) is 4.98 Å². The lowest BCUT2D eigenvalue weighted by atomic mass is 10.3. The number of nitrogens with one attached hydrogen (secondary N) is 1. The fourth-order valence-corrected chi connectivity index (χ4v) is 1.41. The van der Waals surface area contributed by atoms with Gasteiger partial charge in [0.15, 0.2) is 9.84 Å². The van der Waals surface area contributed by atoms with Gasteiger partial charge in [0, 0.05) is 12.5 Å². The van der Waals surface area contributed by atoms with Gasteiger partial charge in [-0.1, -0.05) is 6.07 Å². The zero-order chi connectivity index (χ0) is 12.3. The van der Waals surface area contributed by atoms with Crippen molar-refractivity contribution in [2.45, 2.75) is 19.1 Å². The van der Waals surface area contributed by atoms with Gasteiger partial charge in [-0.25, -0.2) is 13.4 Å². The molecule has 88 valence electrons. The average Bonchev–Trinajstić information content (AvgIpc) is 2.19. The van der Waals surface area contributed by atoms with Crippen molar-refractivity contribution in [1.29, 1.82) is 0 Å². The fourth-order valence-electron chi connectivity index (χ4n) is 0.964. The van der Waals surface area contributed by atoms with Gasteiger partial charge in [-0.15, -0.1) is 0 Å². The second-order valence-electron chi connectivity index (χ2n) is 3.68. The molecule has 1 atom stereocenters. The molecular formula is C10H14N2O3S. The quantitative estimate of drug-likeness (QED) is 0.849. The Hall–Kier alpha value is -1.43. The highest BCUT2D eigenvalue weighted by Gasteiger charge is 2.23. The van der Waals surface area contributed by atoms with Crippen LogP contribution in [-0.4, -0.2) is 30.8 Å². The summed E-state index contributed by atoms with van der Waals surface area (Å²) in [5, 5.41) is 1.37. The van der Waals surface area contributed by atoms with Gasteiger partial charge in [-0.2, -0.15) is 0 Å². The third-order valence-corrected chi connectivity index (χ3v) is 3.67. The van der Waals surface area contributed by atoms with Crippen LogP contribution < -0.4 is 5.32 Å². The summed E-state index contributed by atoms with van der Waals surface area (Å²) in [7, 11) is -3.37. The Kier molecular flexibility index (Phi) is 3.64. The van der Waals surface area contributed by atoms with Crippen LogP contribution in [0.15, 0.2) is 18.3 Å². The van der Waals surface area contributed by atoms with Gasteiger partial charge in [-0.05, 0) is 25.5 Å². The summed E-state index contributed by atoms with van der Waals surface area (Å²) in [4.78, 5) is 15.5. The first-order valence-electron chi connectivity index (χ1n) is 4.73. The average molecular weight is 242 g/mol. The maximum Gasteiger partial charge on any atom is 0.243 e. The Morgan fingerprint density at radius 2 is 2.06 bits per heavy atom. The van der Waals surface area contributed by atoms with Crippen molar-refractivity contribution in [3.05, 3.63) is 23.9 Å². The Labute approximate surface area is 94.8 Å². The van der Waals surface area contributed by atoms with E-state index in [1.54, 1.807) is 18.3 Å². The van der Waals surface area contributed by atoms with Gasteiger partial charge < -0.3 is 5.32 Å². The van der Waals surface area contributed by atoms with E-state index >= 15 is 0 Å². The molecule has 1 aromatic heterocycles. The number of aromatic nitrogens is 1. The molecule has 0 bridgehead atoms. The number of hydrogen-bond acceptors (Lipinski definition) is 4. The minimum absolute atomic E-state index is 0.353. The molecule has 0 aliphatic carbocycles. The molecule has 0 aliphatic heterocycles. The molecule has 5 nitrogen and oxygen atoms in total. The maximum atomic E-state index is 11.5. The fraction of sp³-hybridized carbons (Fsp3) is 0.400. The summed E-state index contributed by atoms with van der Waals surface area (Å²) in [6, 6.07) is 3.41. The molecule has 1 heterocycles. The minimum atomic E-state index is -3.37. The highest BCUT2D eigenvalue weighted by atomic mass is 32.2. The predicted molar refractivity (Wildman–Crippen MR) is 61.9 cm³/mol. The van der Waals surface area contributed by atoms with Gasteiger partial charge >= 0.3 is 0 Å². The largest absolute Gasteiger partial charge is 0.310 e. The lowest BCUT2D eigenvalue weighted by molar-refractivity contribution is -0.115. The molecule has 0 saturated heterocycles. The van der Waals surface area contributed by atoms with Crippen molar-refractivity contribution in [2.75, 3.05) is 11.6 Å². The smallest absolute Gasteiger partial charge is 0.243 e. The van der Waals surface area contributed by atoms with Gasteiger partial charge in [0.05, 0.1) is 0 Å². The Balaban J connectivity index is 2.76. The summed E-state index contributed by atoms with van der Waals surface area (Å²) >= 11 is 0. The summed E-state index contributed by atoms with van der Waals surface area (Å²) < 4.78 is 22.3. The summed E-state index contributed by atoms with van der Waals surface area (Å²) in [5.74, 6) is -0.218. The lowest BCUT2D eigenvalue weighted by Crippen LogP contribution is -2.32. The first-order chi connectivity index (χ1) is 7.30. The van der Waals surface area contributed by atoms with E-state index in [0.29, 0.717) is 5.82 Å². The standard InChI is InChI=1S/C10H14N2O3S/c1-7-4-5-9(11-6-7)12-10(13)8(2)16(3,14)15/h4-6,8H,1-3H3,(H,11,12,13)/t8-/m0/s1. The van der Waals surface area contributed by atoms with E-state index in [1.165, 1.54) is 6.92 Å². The molecule has 1 rings (SSSR count). The highest BCUT2D eigenvalue weighted by molar-refractivity contribution is 7.92. The maximum absolute atomic E-state index is 11.5. The van der Waals surface area contributed by atoms with Crippen LogP contribution >= 0.6 is 0 Å². The highest BCUT2D eigenvalue weighted by Crippen LogP contribution is 2.06. The number of rotatable bonds is 3.